The first-order valence-corrected chi connectivity index (χ1v) is 27.5. The Hall–Kier alpha value is -8.30. The molecular formula is C59H67F2N13O8. The van der Waals surface area contributed by atoms with Crippen molar-refractivity contribution >= 4 is 63.7 Å². The van der Waals surface area contributed by atoms with Crippen LogP contribution in [0.1, 0.15) is 79.3 Å². The van der Waals surface area contributed by atoms with Gasteiger partial charge in [-0.3, -0.25) is 29.1 Å². The van der Waals surface area contributed by atoms with Gasteiger partial charge in [0, 0.05) is 87.2 Å². The number of ether oxygens (including phenoxy) is 2. The van der Waals surface area contributed by atoms with Crippen molar-refractivity contribution < 1.29 is 47.3 Å². The maximum Gasteiger partial charge on any atom is 0.319 e. The molecule has 6 aliphatic rings. The molecule has 0 spiro atoms. The largest absolute Gasteiger partial charge is 0.508 e. The Morgan fingerprint density at radius 1 is 1.09 bits per heavy atom. The number of carbonyl (C=O) groups is 5. The van der Waals surface area contributed by atoms with Gasteiger partial charge >= 0.3 is 6.01 Å². The van der Waals surface area contributed by atoms with E-state index in [4.69, 9.17) is 32.5 Å². The minimum atomic E-state index is -0.788. The van der Waals surface area contributed by atoms with Gasteiger partial charge in [0.1, 0.15) is 59.8 Å². The number of fused-ring (bicyclic) bond motifs is 6. The van der Waals surface area contributed by atoms with E-state index < -0.39 is 23.6 Å². The summed E-state index contributed by atoms with van der Waals surface area (Å²) in [6, 6.07) is 10.5. The smallest absolute Gasteiger partial charge is 0.319 e. The van der Waals surface area contributed by atoms with Crippen LogP contribution in [0.3, 0.4) is 0 Å². The zero-order chi connectivity index (χ0) is 58.0. The zero-order valence-electron chi connectivity index (χ0n) is 45.8. The summed E-state index contributed by atoms with van der Waals surface area (Å²) in [5, 5.41) is 22.0. The minimum absolute atomic E-state index is 0.00472. The number of hydrogen-bond donors (Lipinski definition) is 6. The molecule has 82 heavy (non-hydrogen) atoms. The summed E-state index contributed by atoms with van der Waals surface area (Å²) in [7, 11) is 3.53. The molecule has 5 unspecified atom stereocenters. The second-order valence-electron chi connectivity index (χ2n) is 22.1. The van der Waals surface area contributed by atoms with Crippen molar-refractivity contribution in [3.8, 4) is 35.4 Å². The van der Waals surface area contributed by atoms with Gasteiger partial charge < -0.3 is 60.8 Å². The van der Waals surface area contributed by atoms with E-state index in [2.05, 4.69) is 60.2 Å². The first kappa shape index (κ1) is 57.0. The van der Waals surface area contributed by atoms with Crippen LogP contribution >= 0.6 is 0 Å². The molecule has 5 atom stereocenters. The molecule has 0 saturated carbocycles. The molecule has 3 aromatic carbocycles. The highest BCUT2D eigenvalue weighted by atomic mass is 19.1. The number of piperazine rings is 1. The third-order valence-electron chi connectivity index (χ3n) is 16.8. The number of aromatic hydroxyl groups is 1. The number of amides is 3. The number of nitrogens with zero attached hydrogens (tertiary/aromatic N) is 8. The van der Waals surface area contributed by atoms with Gasteiger partial charge in [0.05, 0.1) is 27.7 Å². The third-order valence-corrected chi connectivity index (χ3v) is 16.8. The summed E-state index contributed by atoms with van der Waals surface area (Å²) in [4.78, 5) is 82.2. The third kappa shape index (κ3) is 11.3. The Morgan fingerprint density at radius 3 is 2.57 bits per heavy atom. The predicted octanol–water partition coefficient (Wildman–Crippen LogP) is 4.21. The maximum atomic E-state index is 16.9. The number of piperidine rings is 1. The van der Waals surface area contributed by atoms with Gasteiger partial charge in [0.15, 0.2) is 5.82 Å². The van der Waals surface area contributed by atoms with Gasteiger partial charge in [-0.1, -0.05) is 36.3 Å². The lowest BCUT2D eigenvalue weighted by Gasteiger charge is -2.35. The van der Waals surface area contributed by atoms with Crippen LogP contribution in [0.5, 0.6) is 11.8 Å². The number of aromatic nitrogens is 3. The van der Waals surface area contributed by atoms with Crippen LogP contribution < -0.4 is 37.2 Å². The van der Waals surface area contributed by atoms with Crippen LogP contribution in [-0.2, 0) is 30.5 Å². The van der Waals surface area contributed by atoms with Gasteiger partial charge in [-0.25, -0.2) is 14.6 Å². The molecule has 21 nitrogen and oxygen atoms in total. The number of rotatable bonds is 17. The number of likely N-dealkylation sites (tertiary alicyclic amines) is 1. The van der Waals surface area contributed by atoms with Crippen molar-refractivity contribution in [2.75, 3.05) is 70.2 Å². The molecule has 6 aliphatic heterocycles. The Labute approximate surface area is 473 Å². The van der Waals surface area contributed by atoms with Crippen LogP contribution in [0.2, 0.25) is 0 Å². The fourth-order valence-electron chi connectivity index (χ4n) is 12.7. The second-order valence-corrected chi connectivity index (χ2v) is 22.1. The van der Waals surface area contributed by atoms with Crippen molar-refractivity contribution in [2.45, 2.75) is 100 Å². The van der Waals surface area contributed by atoms with Gasteiger partial charge in [-0.2, -0.15) is 9.97 Å². The standard InChI is InChI=1S/C36H34F2N6O4.C23H33N7O4/c1-3-26-29(37)7-4-21-10-25(46)11-27(30(21)26)32-31(38)33-28(13-39-32)34(43-15-22-5-6-23(16-43)40-22)42-35(41-33)48-18-36-9-8-24(17-47-19-45)44(36)14-20(2)12-36;1-26-22(33)19(7-4-12-31)29-13-15-5-3-6-18(20(15)23(29)34)27-21(32)17(24)14-30(25)16-8-10-28(2)11-9-16/h1,4,7,10-11,13,19,22-24,40,46H,2,5-6,8-9,12,14-18H2;3,5-6,12,14,16,19H,4,7-11,13,24-25H2,1-2H3,(H,26,33)(H,27,32)/b;17-14-. The molecule has 11 rings (SSSR count). The first-order chi connectivity index (χ1) is 39.5. The lowest BCUT2D eigenvalue weighted by molar-refractivity contribution is -0.130. The number of phenolic OH excluding ortho intramolecular Hbond substituents is 1. The number of nitrogens with one attached hydrogen (secondary N) is 3. The van der Waals surface area contributed by atoms with Crippen molar-refractivity contribution in [1.29, 1.82) is 0 Å². The molecule has 5 aromatic rings. The van der Waals surface area contributed by atoms with Crippen molar-refractivity contribution in [3.63, 3.8) is 0 Å². The fourth-order valence-corrected chi connectivity index (χ4v) is 12.7. The molecule has 2 aromatic heterocycles. The Kier molecular flexibility index (Phi) is 16.7. The highest BCUT2D eigenvalue weighted by molar-refractivity contribution is 6.11. The molecule has 8 N–H and O–H groups in total. The quantitative estimate of drug-likeness (QED) is 0.0190. The van der Waals surface area contributed by atoms with Crippen LogP contribution in [-0.4, -0.2) is 166 Å². The van der Waals surface area contributed by atoms with Gasteiger partial charge in [0.2, 0.25) is 5.91 Å². The normalized spacial score (nSPS) is 22.0. The van der Waals surface area contributed by atoms with E-state index in [9.17, 15) is 33.5 Å². The molecule has 2 bridgehead atoms. The summed E-state index contributed by atoms with van der Waals surface area (Å²) in [6.07, 6.45) is 15.9. The number of benzene rings is 3. The van der Waals surface area contributed by atoms with Crippen LogP contribution in [0.15, 0.2) is 72.7 Å². The fraction of sp³-hybridized carbons (Fsp3) is 0.424. The van der Waals surface area contributed by atoms with E-state index in [1.807, 2.05) is 0 Å². The van der Waals surface area contributed by atoms with Gasteiger partial charge in [-0.05, 0) is 107 Å². The molecule has 0 radical (unpaired) electrons. The Morgan fingerprint density at radius 2 is 1.85 bits per heavy atom. The molecule has 8 heterocycles. The second kappa shape index (κ2) is 24.0. The van der Waals surface area contributed by atoms with Gasteiger partial charge in [0.25, 0.3) is 18.3 Å². The summed E-state index contributed by atoms with van der Waals surface area (Å²) >= 11 is 0. The van der Waals surface area contributed by atoms with E-state index >= 15 is 4.39 Å². The molecular weight excluding hydrogens is 1060 g/mol. The first-order valence-electron chi connectivity index (χ1n) is 27.5. The van der Waals surface area contributed by atoms with Crippen LogP contribution in [0, 0.1) is 24.0 Å². The van der Waals surface area contributed by atoms with Crippen LogP contribution in [0.25, 0.3) is 32.9 Å². The number of aldehydes is 1. The van der Waals surface area contributed by atoms with E-state index in [1.165, 1.54) is 53.6 Å². The molecule has 23 heteroatoms. The highest BCUT2D eigenvalue weighted by Crippen LogP contribution is 2.45. The highest BCUT2D eigenvalue weighted by Gasteiger charge is 2.51. The lowest BCUT2D eigenvalue weighted by atomic mass is 9.94. The molecule has 430 valence electrons. The molecule has 5 saturated heterocycles. The minimum Gasteiger partial charge on any atom is -0.508 e. The summed E-state index contributed by atoms with van der Waals surface area (Å²) in [5.41, 5.74) is 7.87. The Balaban J connectivity index is 0.000000196. The number of nitrogens with two attached hydrogens (primary N) is 2. The maximum absolute atomic E-state index is 16.9. The van der Waals surface area contributed by atoms with Crippen molar-refractivity contribution in [3.05, 3.63) is 101 Å². The Bertz CT molecular complexity index is 3410. The monoisotopic (exact) mass is 1120 g/mol. The number of pyridine rings is 1. The van der Waals surface area contributed by atoms with E-state index in [1.54, 1.807) is 18.2 Å². The number of terminal acetylenes is 1. The number of anilines is 2. The molecule has 0 aliphatic carbocycles. The molecule has 5 fully saturated rings. The number of phenols is 1. The SMILES string of the molecule is C#Cc1c(F)ccc2cc(O)cc(-c3ncc4c(N5CC6CCC(C5)N6)nc(OCC56CCC(COC=O)N5CC(=C)C6)nc4c3F)c12.CNC(=O)C(CCC=O)N1Cc2cccc(NC(=O)/C(N)=C/N(N)C3CCN(C)CC3)c2C1=O. The molecule has 3 amide bonds. The summed E-state index contributed by atoms with van der Waals surface area (Å²) < 4.78 is 43.3. The van der Waals surface area contributed by atoms with Crippen molar-refractivity contribution in [1.82, 2.24) is 45.3 Å². The van der Waals surface area contributed by atoms with Gasteiger partial charge in [-0.15, -0.1) is 6.42 Å². The lowest BCUT2D eigenvalue weighted by Crippen LogP contribution is -2.51. The number of halogens is 2. The van der Waals surface area contributed by atoms with E-state index in [-0.39, 0.29) is 119 Å². The zero-order valence-corrected chi connectivity index (χ0v) is 45.8. The number of hydrogen-bond acceptors (Lipinski definition) is 18. The van der Waals surface area contributed by atoms with Crippen molar-refractivity contribution in [2.24, 2.45) is 11.6 Å². The number of carbonyl (C=O) groups excluding carboxylic acids is 5. The van der Waals surface area contributed by atoms with E-state index in [0.717, 1.165) is 63.5 Å². The summed E-state index contributed by atoms with van der Waals surface area (Å²) in [6.45, 7) is 9.28. The van der Waals surface area contributed by atoms with E-state index in [0.29, 0.717) is 65.9 Å². The van der Waals surface area contributed by atoms with Crippen LogP contribution in [0.4, 0.5) is 20.3 Å². The predicted molar refractivity (Wildman–Crippen MR) is 303 cm³/mol. The number of likely N-dealkylation sites (N-methyl/N-ethyl adjacent to an activating group) is 1. The average Bonchev–Trinajstić information content (AvgIpc) is 4.21. The average molecular weight is 1120 g/mol. The topological polar surface area (TPSA) is 267 Å². The summed E-state index contributed by atoms with van der Waals surface area (Å²) in [5.74, 6) is 6.17. The number of hydrazine groups is 1.